The number of ether oxygens (including phenoxy) is 3. The molecule has 0 aliphatic carbocycles. The highest BCUT2D eigenvalue weighted by molar-refractivity contribution is 5.93. The van der Waals surface area contributed by atoms with Gasteiger partial charge in [-0.05, 0) is 62.4 Å². The molecule has 0 unspecified atom stereocenters. The Bertz CT molecular complexity index is 810. The number of nitrogens with one attached hydrogen (secondary N) is 1. The summed E-state index contributed by atoms with van der Waals surface area (Å²) in [5.74, 6) is 0.00674. The lowest BCUT2D eigenvalue weighted by atomic mass is 10.2. The van der Waals surface area contributed by atoms with E-state index >= 15 is 0 Å². The third-order valence-corrected chi connectivity index (χ3v) is 3.42. The molecule has 0 fully saturated rings. The molecule has 140 valence electrons. The van der Waals surface area contributed by atoms with Gasteiger partial charge in [-0.15, -0.1) is 0 Å². The van der Waals surface area contributed by atoms with Crippen LogP contribution in [-0.2, 0) is 14.3 Å². The maximum absolute atomic E-state index is 11.9. The molecule has 0 heterocycles. The summed E-state index contributed by atoms with van der Waals surface area (Å²) in [7, 11) is 0. The minimum absolute atomic E-state index is 0.423. The second-order valence-electron chi connectivity index (χ2n) is 5.51. The Kier molecular flexibility index (Phi) is 7.20. The first-order chi connectivity index (χ1) is 13.0. The maximum atomic E-state index is 11.9. The molecule has 0 saturated heterocycles. The number of rotatable bonds is 8. The van der Waals surface area contributed by atoms with Crippen molar-refractivity contribution in [2.45, 2.75) is 20.0 Å². The Balaban J connectivity index is 1.77. The van der Waals surface area contributed by atoms with Crippen LogP contribution in [0.15, 0.2) is 48.5 Å². The van der Waals surface area contributed by atoms with Crippen LogP contribution in [0.4, 0.5) is 5.69 Å². The van der Waals surface area contributed by atoms with Gasteiger partial charge in [0, 0.05) is 5.69 Å². The molecule has 2 rings (SSSR count). The number of hydrogen-bond acceptors (Lipinski definition) is 6. The Morgan fingerprint density at radius 3 is 2.30 bits per heavy atom. The van der Waals surface area contributed by atoms with Crippen molar-refractivity contribution in [2.24, 2.45) is 0 Å². The zero-order valence-electron chi connectivity index (χ0n) is 15.1. The molecule has 2 aromatic rings. The molecule has 0 radical (unpaired) electrons. The number of carbonyl (C=O) groups is 2. The van der Waals surface area contributed by atoms with Gasteiger partial charge in [-0.2, -0.15) is 5.26 Å². The fourth-order valence-electron chi connectivity index (χ4n) is 2.11. The van der Waals surface area contributed by atoms with Crippen LogP contribution >= 0.6 is 0 Å². The smallest absolute Gasteiger partial charge is 0.347 e. The molecular formula is C20H20N2O5. The van der Waals surface area contributed by atoms with Crippen LogP contribution in [0.5, 0.6) is 11.5 Å². The van der Waals surface area contributed by atoms with Crippen LogP contribution in [0.1, 0.15) is 19.4 Å². The van der Waals surface area contributed by atoms with Crippen LogP contribution in [0.2, 0.25) is 0 Å². The number of nitrogens with zero attached hydrogens (tertiary/aromatic N) is 1. The first-order valence-electron chi connectivity index (χ1n) is 8.38. The lowest BCUT2D eigenvalue weighted by Gasteiger charge is -2.14. The van der Waals surface area contributed by atoms with Gasteiger partial charge in [0.15, 0.2) is 12.7 Å². The van der Waals surface area contributed by atoms with E-state index in [1.807, 2.05) is 13.0 Å². The van der Waals surface area contributed by atoms with Crippen molar-refractivity contribution in [1.29, 1.82) is 5.26 Å². The molecule has 0 aromatic heterocycles. The molecule has 0 spiro atoms. The van der Waals surface area contributed by atoms with Crippen molar-refractivity contribution >= 4 is 17.6 Å². The van der Waals surface area contributed by atoms with Crippen molar-refractivity contribution < 1.29 is 23.8 Å². The van der Waals surface area contributed by atoms with Crippen molar-refractivity contribution in [1.82, 2.24) is 0 Å². The Morgan fingerprint density at radius 1 is 1.07 bits per heavy atom. The minimum atomic E-state index is -0.892. The predicted molar refractivity (Wildman–Crippen MR) is 98.4 cm³/mol. The molecule has 0 bridgehead atoms. The van der Waals surface area contributed by atoms with E-state index in [0.717, 1.165) is 0 Å². The first kappa shape index (κ1) is 19.8. The number of carbonyl (C=O) groups excluding carboxylic acids is 2. The molecule has 0 aliphatic heterocycles. The van der Waals surface area contributed by atoms with Crippen LogP contribution in [-0.4, -0.2) is 31.2 Å². The van der Waals surface area contributed by atoms with Gasteiger partial charge in [-0.25, -0.2) is 4.79 Å². The highest BCUT2D eigenvalue weighted by Crippen LogP contribution is 2.16. The number of esters is 1. The van der Waals surface area contributed by atoms with E-state index in [9.17, 15) is 9.59 Å². The molecule has 0 aliphatic rings. The first-order valence-corrected chi connectivity index (χ1v) is 8.38. The lowest BCUT2D eigenvalue weighted by Crippen LogP contribution is -2.29. The summed E-state index contributed by atoms with van der Waals surface area (Å²) >= 11 is 0. The second-order valence-corrected chi connectivity index (χ2v) is 5.51. The van der Waals surface area contributed by atoms with Crippen molar-refractivity contribution in [2.75, 3.05) is 18.5 Å². The van der Waals surface area contributed by atoms with E-state index in [2.05, 4.69) is 5.32 Å². The third-order valence-electron chi connectivity index (χ3n) is 3.42. The molecule has 7 nitrogen and oxygen atoms in total. The summed E-state index contributed by atoms with van der Waals surface area (Å²) in [5, 5.41) is 11.4. The van der Waals surface area contributed by atoms with Gasteiger partial charge in [0.2, 0.25) is 0 Å². The number of anilines is 1. The molecule has 7 heteroatoms. The highest BCUT2D eigenvalue weighted by Gasteiger charge is 2.18. The molecular weight excluding hydrogens is 348 g/mol. The summed E-state index contributed by atoms with van der Waals surface area (Å²) < 4.78 is 15.7. The summed E-state index contributed by atoms with van der Waals surface area (Å²) in [6, 6.07) is 15.2. The Labute approximate surface area is 157 Å². The Hall–Kier alpha value is -3.53. The summed E-state index contributed by atoms with van der Waals surface area (Å²) in [4.78, 5) is 23.8. The number of hydrogen-bond donors (Lipinski definition) is 1. The quantitative estimate of drug-likeness (QED) is 0.720. The molecule has 1 amide bonds. The zero-order chi connectivity index (χ0) is 19.6. The number of amides is 1. The molecule has 2 aromatic carbocycles. The van der Waals surface area contributed by atoms with E-state index in [4.69, 9.17) is 19.5 Å². The monoisotopic (exact) mass is 368 g/mol. The van der Waals surface area contributed by atoms with Crippen LogP contribution in [0.3, 0.4) is 0 Å². The van der Waals surface area contributed by atoms with E-state index in [1.165, 1.54) is 6.92 Å². The average molecular weight is 368 g/mol. The fourth-order valence-corrected chi connectivity index (χ4v) is 2.11. The van der Waals surface area contributed by atoms with Gasteiger partial charge in [0.1, 0.15) is 11.5 Å². The number of benzene rings is 2. The molecule has 27 heavy (non-hydrogen) atoms. The predicted octanol–water partition coefficient (Wildman–Crippen LogP) is 2.91. The van der Waals surface area contributed by atoms with E-state index in [0.29, 0.717) is 29.4 Å². The van der Waals surface area contributed by atoms with Crippen LogP contribution in [0, 0.1) is 11.3 Å². The Morgan fingerprint density at radius 2 is 1.70 bits per heavy atom. The van der Waals surface area contributed by atoms with Crippen molar-refractivity contribution in [3.63, 3.8) is 0 Å². The summed E-state index contributed by atoms with van der Waals surface area (Å²) in [6.45, 7) is 3.54. The second kappa shape index (κ2) is 9.82. The van der Waals surface area contributed by atoms with E-state index in [-0.39, 0.29) is 0 Å². The highest BCUT2D eigenvalue weighted by atomic mass is 16.6. The minimum Gasteiger partial charge on any atom is -0.494 e. The largest absolute Gasteiger partial charge is 0.494 e. The summed E-state index contributed by atoms with van der Waals surface area (Å²) in [6.07, 6.45) is -0.892. The fraction of sp³-hybridized carbons (Fsp3) is 0.250. The van der Waals surface area contributed by atoms with E-state index < -0.39 is 24.6 Å². The zero-order valence-corrected chi connectivity index (χ0v) is 15.1. The number of nitriles is 1. The molecule has 1 N–H and O–H groups in total. The lowest BCUT2D eigenvalue weighted by molar-refractivity contribution is -0.153. The van der Waals surface area contributed by atoms with E-state index in [1.54, 1.807) is 48.5 Å². The van der Waals surface area contributed by atoms with Gasteiger partial charge in [0.05, 0.1) is 18.2 Å². The standard InChI is InChI=1S/C20H20N2O5/c1-3-25-17-10-6-16(7-11-17)22-19(23)13-26-20(24)14(2)27-18-8-4-15(12-21)5-9-18/h4-11,14H,3,13H2,1-2H3,(H,22,23)/t14-/m0/s1. The van der Waals surface area contributed by atoms with Crippen LogP contribution < -0.4 is 14.8 Å². The summed E-state index contributed by atoms with van der Waals surface area (Å²) in [5.41, 5.74) is 1.06. The molecule has 0 saturated carbocycles. The van der Waals surface area contributed by atoms with Gasteiger partial charge in [-0.1, -0.05) is 0 Å². The molecule has 1 atom stereocenters. The SMILES string of the molecule is CCOc1ccc(NC(=O)COC(=O)[C@H](C)Oc2ccc(C#N)cc2)cc1. The van der Waals surface area contributed by atoms with Gasteiger partial charge in [0.25, 0.3) is 5.91 Å². The topological polar surface area (TPSA) is 97.7 Å². The normalized spacial score (nSPS) is 11.0. The van der Waals surface area contributed by atoms with Gasteiger partial charge in [-0.3, -0.25) is 4.79 Å². The van der Waals surface area contributed by atoms with Crippen molar-refractivity contribution in [3.05, 3.63) is 54.1 Å². The van der Waals surface area contributed by atoms with Crippen LogP contribution in [0.25, 0.3) is 0 Å². The average Bonchev–Trinajstić information content (AvgIpc) is 2.68. The maximum Gasteiger partial charge on any atom is 0.347 e. The van der Waals surface area contributed by atoms with Gasteiger partial charge >= 0.3 is 5.97 Å². The van der Waals surface area contributed by atoms with Crippen molar-refractivity contribution in [3.8, 4) is 17.6 Å². The third kappa shape index (κ3) is 6.36. The van der Waals surface area contributed by atoms with Gasteiger partial charge < -0.3 is 19.5 Å².